The van der Waals surface area contributed by atoms with Crippen LogP contribution >= 0.6 is 0 Å². The van der Waals surface area contributed by atoms with Crippen molar-refractivity contribution in [1.82, 2.24) is 4.98 Å². The van der Waals surface area contributed by atoms with Gasteiger partial charge in [-0.1, -0.05) is 32.0 Å². The molecule has 3 heteroatoms. The standard InChI is InChI=1S/C16H21N3/c1-11(2)16(7-8-16)10-19-15-12-5-3-4-6-14(12)18-9-13(15)17/h3-6,9,11H,7-8,10,17H2,1-2H3,(H,18,19). The summed E-state index contributed by atoms with van der Waals surface area (Å²) >= 11 is 0. The predicted octanol–water partition coefficient (Wildman–Crippen LogP) is 3.67. The number of nitrogen functional groups attached to an aromatic ring is 1. The van der Waals surface area contributed by atoms with Crippen LogP contribution in [0.1, 0.15) is 26.7 Å². The minimum absolute atomic E-state index is 0.469. The number of nitrogens with two attached hydrogens (primary N) is 1. The molecule has 100 valence electrons. The van der Waals surface area contributed by atoms with Crippen LogP contribution in [0.15, 0.2) is 30.5 Å². The van der Waals surface area contributed by atoms with E-state index in [4.69, 9.17) is 5.73 Å². The van der Waals surface area contributed by atoms with Crippen molar-refractivity contribution in [1.29, 1.82) is 0 Å². The Morgan fingerprint density at radius 1 is 1.32 bits per heavy atom. The zero-order chi connectivity index (χ0) is 13.5. The molecular formula is C16H21N3. The summed E-state index contributed by atoms with van der Waals surface area (Å²) in [5.41, 5.74) is 9.32. The molecule has 0 saturated heterocycles. The van der Waals surface area contributed by atoms with E-state index >= 15 is 0 Å². The van der Waals surface area contributed by atoms with Gasteiger partial charge in [0.1, 0.15) is 0 Å². The van der Waals surface area contributed by atoms with E-state index in [-0.39, 0.29) is 0 Å². The van der Waals surface area contributed by atoms with Crippen LogP contribution in [0.5, 0.6) is 0 Å². The van der Waals surface area contributed by atoms with E-state index in [0.717, 1.165) is 28.8 Å². The third kappa shape index (κ3) is 2.14. The second-order valence-corrected chi connectivity index (χ2v) is 5.98. The first-order valence-corrected chi connectivity index (χ1v) is 6.99. The second kappa shape index (κ2) is 4.41. The van der Waals surface area contributed by atoms with Gasteiger partial charge >= 0.3 is 0 Å². The number of hydrogen-bond donors (Lipinski definition) is 2. The number of hydrogen-bond acceptors (Lipinski definition) is 3. The fraction of sp³-hybridized carbons (Fsp3) is 0.438. The summed E-state index contributed by atoms with van der Waals surface area (Å²) in [5, 5.41) is 4.69. The van der Waals surface area contributed by atoms with Crippen molar-refractivity contribution in [2.24, 2.45) is 11.3 Å². The molecule has 2 aromatic rings. The van der Waals surface area contributed by atoms with Crippen LogP contribution in [0, 0.1) is 11.3 Å². The largest absolute Gasteiger partial charge is 0.396 e. The topological polar surface area (TPSA) is 50.9 Å². The van der Waals surface area contributed by atoms with Gasteiger partial charge in [0.15, 0.2) is 0 Å². The normalized spacial score (nSPS) is 16.8. The van der Waals surface area contributed by atoms with Gasteiger partial charge in [-0.3, -0.25) is 4.98 Å². The van der Waals surface area contributed by atoms with E-state index in [1.54, 1.807) is 6.20 Å². The highest BCUT2D eigenvalue weighted by molar-refractivity contribution is 5.96. The number of fused-ring (bicyclic) bond motifs is 1. The van der Waals surface area contributed by atoms with Crippen LogP contribution < -0.4 is 11.1 Å². The third-order valence-electron chi connectivity index (χ3n) is 4.54. The maximum Gasteiger partial charge on any atom is 0.0743 e. The molecule has 0 spiro atoms. The molecule has 0 atom stereocenters. The molecule has 3 rings (SSSR count). The van der Waals surface area contributed by atoms with Gasteiger partial charge in [-0.2, -0.15) is 0 Å². The number of pyridine rings is 1. The van der Waals surface area contributed by atoms with Crippen LogP contribution in [0.25, 0.3) is 10.9 Å². The van der Waals surface area contributed by atoms with Crippen molar-refractivity contribution in [2.75, 3.05) is 17.6 Å². The van der Waals surface area contributed by atoms with Crippen LogP contribution in [-0.4, -0.2) is 11.5 Å². The number of anilines is 2. The third-order valence-corrected chi connectivity index (χ3v) is 4.54. The first-order valence-electron chi connectivity index (χ1n) is 6.99. The van der Waals surface area contributed by atoms with E-state index in [9.17, 15) is 0 Å². The molecule has 0 amide bonds. The summed E-state index contributed by atoms with van der Waals surface area (Å²) < 4.78 is 0. The van der Waals surface area contributed by atoms with Crippen molar-refractivity contribution in [2.45, 2.75) is 26.7 Å². The SMILES string of the molecule is CC(C)C1(CNc2c(N)cnc3ccccc23)CC1. The lowest BCUT2D eigenvalue weighted by Crippen LogP contribution is -2.21. The molecule has 0 bridgehead atoms. The molecule has 19 heavy (non-hydrogen) atoms. The predicted molar refractivity (Wildman–Crippen MR) is 81.2 cm³/mol. The average Bonchev–Trinajstić information content (AvgIpc) is 3.19. The highest BCUT2D eigenvalue weighted by Gasteiger charge is 2.45. The Morgan fingerprint density at radius 3 is 2.74 bits per heavy atom. The van der Waals surface area contributed by atoms with Gasteiger partial charge in [-0.25, -0.2) is 0 Å². The summed E-state index contributed by atoms with van der Waals surface area (Å²) in [6, 6.07) is 8.14. The molecule has 0 radical (unpaired) electrons. The molecule has 1 aliphatic carbocycles. The molecule has 1 aliphatic rings. The lowest BCUT2D eigenvalue weighted by molar-refractivity contribution is 0.380. The molecule has 1 saturated carbocycles. The summed E-state index contributed by atoms with van der Waals surface area (Å²) in [4.78, 5) is 4.37. The molecule has 1 aromatic carbocycles. The average molecular weight is 255 g/mol. The highest BCUT2D eigenvalue weighted by Crippen LogP contribution is 2.52. The van der Waals surface area contributed by atoms with Crippen LogP contribution in [0.4, 0.5) is 11.4 Å². The number of nitrogens with zero attached hydrogens (tertiary/aromatic N) is 1. The zero-order valence-electron chi connectivity index (χ0n) is 11.6. The lowest BCUT2D eigenvalue weighted by atomic mass is 9.92. The van der Waals surface area contributed by atoms with Gasteiger partial charge in [0, 0.05) is 11.9 Å². The Hall–Kier alpha value is -1.77. The van der Waals surface area contributed by atoms with Gasteiger partial charge in [0.05, 0.1) is 23.1 Å². The fourth-order valence-electron chi connectivity index (χ4n) is 2.74. The number of benzene rings is 1. The van der Waals surface area contributed by atoms with Crippen LogP contribution in [0.3, 0.4) is 0 Å². The van der Waals surface area contributed by atoms with E-state index in [1.807, 2.05) is 18.2 Å². The molecule has 1 fully saturated rings. The van der Waals surface area contributed by atoms with Gasteiger partial charge in [-0.15, -0.1) is 0 Å². The summed E-state index contributed by atoms with van der Waals surface area (Å²) in [6.45, 7) is 5.62. The molecule has 1 aromatic heterocycles. The molecular weight excluding hydrogens is 234 g/mol. The zero-order valence-corrected chi connectivity index (χ0v) is 11.6. The molecule has 1 heterocycles. The van der Waals surface area contributed by atoms with Gasteiger partial charge < -0.3 is 11.1 Å². The Bertz CT molecular complexity index is 600. The Balaban J connectivity index is 1.90. The molecule has 0 unspecified atom stereocenters. The summed E-state index contributed by atoms with van der Waals surface area (Å²) in [7, 11) is 0. The van der Waals surface area contributed by atoms with Crippen molar-refractivity contribution in [3.05, 3.63) is 30.5 Å². The molecule has 3 nitrogen and oxygen atoms in total. The van der Waals surface area contributed by atoms with Crippen molar-refractivity contribution < 1.29 is 0 Å². The van der Waals surface area contributed by atoms with Gasteiger partial charge in [-0.05, 0) is 30.2 Å². The van der Waals surface area contributed by atoms with E-state index < -0.39 is 0 Å². The minimum atomic E-state index is 0.469. The summed E-state index contributed by atoms with van der Waals surface area (Å²) in [5.74, 6) is 0.717. The van der Waals surface area contributed by atoms with Crippen molar-refractivity contribution in [3.8, 4) is 0 Å². The second-order valence-electron chi connectivity index (χ2n) is 5.98. The minimum Gasteiger partial charge on any atom is -0.396 e. The Morgan fingerprint density at radius 2 is 2.05 bits per heavy atom. The van der Waals surface area contributed by atoms with E-state index in [2.05, 4.69) is 30.2 Å². The molecule has 0 aliphatic heterocycles. The number of para-hydroxylation sites is 1. The number of aromatic nitrogens is 1. The first kappa shape index (κ1) is 12.3. The quantitative estimate of drug-likeness (QED) is 0.876. The fourth-order valence-corrected chi connectivity index (χ4v) is 2.74. The van der Waals surface area contributed by atoms with Crippen molar-refractivity contribution in [3.63, 3.8) is 0 Å². The Kier molecular flexibility index (Phi) is 2.85. The van der Waals surface area contributed by atoms with Crippen LogP contribution in [0.2, 0.25) is 0 Å². The first-order chi connectivity index (χ1) is 9.12. The Labute approximate surface area is 114 Å². The van der Waals surface area contributed by atoms with E-state index in [0.29, 0.717) is 11.3 Å². The highest BCUT2D eigenvalue weighted by atomic mass is 14.9. The number of rotatable bonds is 4. The number of nitrogens with one attached hydrogen (secondary N) is 1. The summed E-state index contributed by atoms with van der Waals surface area (Å²) in [6.07, 6.45) is 4.39. The van der Waals surface area contributed by atoms with Crippen molar-refractivity contribution >= 4 is 22.3 Å². The monoisotopic (exact) mass is 255 g/mol. The van der Waals surface area contributed by atoms with Gasteiger partial charge in [0.2, 0.25) is 0 Å². The van der Waals surface area contributed by atoms with Crippen LogP contribution in [-0.2, 0) is 0 Å². The molecule has 3 N–H and O–H groups in total. The van der Waals surface area contributed by atoms with E-state index in [1.165, 1.54) is 12.8 Å². The van der Waals surface area contributed by atoms with Gasteiger partial charge in [0.25, 0.3) is 0 Å². The smallest absolute Gasteiger partial charge is 0.0743 e. The maximum atomic E-state index is 6.09. The lowest BCUT2D eigenvalue weighted by Gasteiger charge is -2.22. The maximum absolute atomic E-state index is 6.09.